The minimum Gasteiger partial charge on any atom is -0.479 e. The van der Waals surface area contributed by atoms with Crippen LogP contribution in [0, 0.1) is 0 Å². The smallest absolute Gasteiger partial charge is 0.332 e. The summed E-state index contributed by atoms with van der Waals surface area (Å²) in [5.41, 5.74) is -0.234. The number of hydrogen-bond acceptors (Lipinski definition) is 3. The lowest BCUT2D eigenvalue weighted by Gasteiger charge is -2.36. The standard InChI is InChI=1S/C12H21NO4/c1-5-12(2,3)13(4)10(14)8-6-7-9(17-8)11(15)16/h8-9H,5-7H2,1-4H3,(H,15,16)/t8-,9+/m0/s1. The zero-order valence-corrected chi connectivity index (χ0v) is 10.9. The van der Waals surface area contributed by atoms with Crippen LogP contribution < -0.4 is 0 Å². The zero-order chi connectivity index (χ0) is 13.2. The van der Waals surface area contributed by atoms with Crippen LogP contribution in [0.5, 0.6) is 0 Å². The monoisotopic (exact) mass is 243 g/mol. The molecule has 0 aliphatic carbocycles. The van der Waals surface area contributed by atoms with Gasteiger partial charge in [0.15, 0.2) is 6.10 Å². The molecule has 2 atom stereocenters. The zero-order valence-electron chi connectivity index (χ0n) is 10.9. The van der Waals surface area contributed by atoms with Gasteiger partial charge in [-0.25, -0.2) is 4.79 Å². The van der Waals surface area contributed by atoms with E-state index in [-0.39, 0.29) is 11.4 Å². The molecule has 1 heterocycles. The van der Waals surface area contributed by atoms with Gasteiger partial charge in [0, 0.05) is 12.6 Å². The summed E-state index contributed by atoms with van der Waals surface area (Å²) in [5, 5.41) is 8.81. The summed E-state index contributed by atoms with van der Waals surface area (Å²) in [7, 11) is 1.74. The molecule has 0 radical (unpaired) electrons. The average molecular weight is 243 g/mol. The van der Waals surface area contributed by atoms with Crippen molar-refractivity contribution in [2.45, 2.75) is 57.8 Å². The third-order valence-electron chi connectivity index (χ3n) is 3.67. The molecule has 5 heteroatoms. The average Bonchev–Trinajstić information content (AvgIpc) is 2.76. The highest BCUT2D eigenvalue weighted by Crippen LogP contribution is 2.25. The summed E-state index contributed by atoms with van der Waals surface area (Å²) >= 11 is 0. The highest BCUT2D eigenvalue weighted by atomic mass is 16.5. The van der Waals surface area contributed by atoms with E-state index in [9.17, 15) is 9.59 Å². The molecule has 1 saturated heterocycles. The van der Waals surface area contributed by atoms with Gasteiger partial charge in [0.1, 0.15) is 6.10 Å². The Labute approximate surface area is 102 Å². The fourth-order valence-electron chi connectivity index (χ4n) is 1.75. The molecular weight excluding hydrogens is 222 g/mol. The van der Waals surface area contributed by atoms with E-state index in [2.05, 4.69) is 0 Å². The van der Waals surface area contributed by atoms with Gasteiger partial charge in [0.05, 0.1) is 0 Å². The Morgan fingerprint density at radius 3 is 2.29 bits per heavy atom. The van der Waals surface area contributed by atoms with E-state index in [1.165, 1.54) is 0 Å². The summed E-state index contributed by atoms with van der Waals surface area (Å²) < 4.78 is 5.25. The number of amides is 1. The first-order valence-electron chi connectivity index (χ1n) is 5.95. The Bertz CT molecular complexity index is 314. The van der Waals surface area contributed by atoms with Gasteiger partial charge in [0.25, 0.3) is 5.91 Å². The van der Waals surface area contributed by atoms with Crippen molar-refractivity contribution in [3.63, 3.8) is 0 Å². The Morgan fingerprint density at radius 2 is 1.88 bits per heavy atom. The predicted octanol–water partition coefficient (Wildman–Crippen LogP) is 1.27. The predicted molar refractivity (Wildman–Crippen MR) is 62.7 cm³/mol. The first-order chi connectivity index (χ1) is 7.79. The molecule has 0 spiro atoms. The number of rotatable bonds is 4. The number of carbonyl (C=O) groups excluding carboxylic acids is 1. The van der Waals surface area contributed by atoms with Gasteiger partial charge in [-0.05, 0) is 33.1 Å². The normalized spacial score (nSPS) is 24.7. The summed E-state index contributed by atoms with van der Waals surface area (Å²) in [6.45, 7) is 5.97. The van der Waals surface area contributed by atoms with Crippen LogP contribution >= 0.6 is 0 Å². The minimum absolute atomic E-state index is 0.124. The molecule has 1 rings (SSSR count). The van der Waals surface area contributed by atoms with Crippen LogP contribution in [0.1, 0.15) is 40.0 Å². The van der Waals surface area contributed by atoms with Crippen molar-refractivity contribution in [3.8, 4) is 0 Å². The Morgan fingerprint density at radius 1 is 1.35 bits per heavy atom. The summed E-state index contributed by atoms with van der Waals surface area (Å²) in [5.74, 6) is -1.11. The highest BCUT2D eigenvalue weighted by Gasteiger charge is 2.38. The van der Waals surface area contributed by atoms with Gasteiger partial charge in [-0.3, -0.25) is 4.79 Å². The van der Waals surface area contributed by atoms with Gasteiger partial charge in [-0.1, -0.05) is 6.92 Å². The van der Waals surface area contributed by atoms with E-state index >= 15 is 0 Å². The maximum absolute atomic E-state index is 12.1. The van der Waals surface area contributed by atoms with E-state index in [1.54, 1.807) is 11.9 Å². The fourth-order valence-corrected chi connectivity index (χ4v) is 1.75. The Balaban J connectivity index is 2.64. The number of carboxylic acids is 1. The Kier molecular flexibility index (Phi) is 4.14. The molecule has 0 aromatic rings. The van der Waals surface area contributed by atoms with Crippen molar-refractivity contribution in [2.75, 3.05) is 7.05 Å². The second-order valence-corrected chi connectivity index (χ2v) is 5.09. The quantitative estimate of drug-likeness (QED) is 0.807. The molecule has 1 N–H and O–H groups in total. The molecular formula is C12H21NO4. The number of aliphatic carboxylic acids is 1. The summed E-state index contributed by atoms with van der Waals surface area (Å²) in [4.78, 5) is 24.5. The van der Waals surface area contributed by atoms with E-state index in [0.29, 0.717) is 12.8 Å². The maximum atomic E-state index is 12.1. The lowest BCUT2D eigenvalue weighted by molar-refractivity contribution is -0.156. The molecule has 1 aliphatic heterocycles. The number of hydrogen-bond donors (Lipinski definition) is 1. The van der Waals surface area contributed by atoms with Gasteiger partial charge < -0.3 is 14.7 Å². The molecule has 1 amide bonds. The van der Waals surface area contributed by atoms with E-state index in [0.717, 1.165) is 6.42 Å². The first-order valence-corrected chi connectivity index (χ1v) is 5.95. The lowest BCUT2D eigenvalue weighted by atomic mass is 9.99. The van der Waals surface area contributed by atoms with Gasteiger partial charge in [0.2, 0.25) is 0 Å². The fraction of sp³-hybridized carbons (Fsp3) is 0.833. The Hall–Kier alpha value is -1.10. The molecule has 5 nitrogen and oxygen atoms in total. The number of nitrogens with zero attached hydrogens (tertiary/aromatic N) is 1. The van der Waals surface area contributed by atoms with Crippen molar-refractivity contribution in [1.82, 2.24) is 4.90 Å². The van der Waals surface area contributed by atoms with Crippen LogP contribution in [-0.2, 0) is 14.3 Å². The van der Waals surface area contributed by atoms with Crippen molar-refractivity contribution >= 4 is 11.9 Å². The second kappa shape index (κ2) is 5.04. The van der Waals surface area contributed by atoms with Gasteiger partial charge in [-0.2, -0.15) is 0 Å². The third-order valence-corrected chi connectivity index (χ3v) is 3.67. The SMILES string of the molecule is CCC(C)(C)N(C)C(=O)[C@@H]1CC[C@H](C(=O)O)O1. The maximum Gasteiger partial charge on any atom is 0.332 e. The van der Waals surface area contributed by atoms with Crippen LogP contribution in [0.3, 0.4) is 0 Å². The number of ether oxygens (including phenoxy) is 1. The number of likely N-dealkylation sites (N-methyl/N-ethyl adjacent to an activating group) is 1. The van der Waals surface area contributed by atoms with Crippen LogP contribution in [0.4, 0.5) is 0 Å². The molecule has 98 valence electrons. The van der Waals surface area contributed by atoms with Crippen molar-refractivity contribution in [1.29, 1.82) is 0 Å². The first kappa shape index (κ1) is 14.0. The molecule has 0 aromatic carbocycles. The molecule has 0 bridgehead atoms. The van der Waals surface area contributed by atoms with E-state index in [4.69, 9.17) is 9.84 Å². The van der Waals surface area contributed by atoms with Crippen LogP contribution in [0.2, 0.25) is 0 Å². The topological polar surface area (TPSA) is 66.8 Å². The lowest BCUT2D eigenvalue weighted by Crippen LogP contribution is -2.48. The van der Waals surface area contributed by atoms with Crippen LogP contribution in [0.15, 0.2) is 0 Å². The number of carbonyl (C=O) groups is 2. The largest absolute Gasteiger partial charge is 0.479 e. The summed E-state index contributed by atoms with van der Waals surface area (Å²) in [6.07, 6.45) is 0.296. The van der Waals surface area contributed by atoms with Gasteiger partial charge >= 0.3 is 5.97 Å². The van der Waals surface area contributed by atoms with Crippen LogP contribution in [-0.4, -0.2) is 46.7 Å². The van der Waals surface area contributed by atoms with E-state index in [1.807, 2.05) is 20.8 Å². The highest BCUT2D eigenvalue weighted by molar-refractivity contribution is 5.83. The van der Waals surface area contributed by atoms with Crippen molar-refractivity contribution in [3.05, 3.63) is 0 Å². The van der Waals surface area contributed by atoms with Gasteiger partial charge in [-0.15, -0.1) is 0 Å². The van der Waals surface area contributed by atoms with Crippen LogP contribution in [0.25, 0.3) is 0 Å². The number of carboxylic acid groups (broad SMARTS) is 1. The molecule has 17 heavy (non-hydrogen) atoms. The minimum atomic E-state index is -0.988. The summed E-state index contributed by atoms with van der Waals surface area (Å²) in [6, 6.07) is 0. The molecule has 1 aliphatic rings. The third kappa shape index (κ3) is 2.97. The molecule has 1 fully saturated rings. The molecule has 0 unspecified atom stereocenters. The molecule has 0 saturated carbocycles. The van der Waals surface area contributed by atoms with Crippen molar-refractivity contribution in [2.24, 2.45) is 0 Å². The second-order valence-electron chi connectivity index (χ2n) is 5.09. The van der Waals surface area contributed by atoms with Crippen molar-refractivity contribution < 1.29 is 19.4 Å². The molecule has 0 aromatic heterocycles. The van der Waals surface area contributed by atoms with E-state index < -0.39 is 18.2 Å².